The smallest absolute Gasteiger partial charge is 0.314 e. The molecular formula is C22H26N2O5. The second kappa shape index (κ2) is 9.07. The van der Waals surface area contributed by atoms with E-state index in [1.807, 2.05) is 18.2 Å². The van der Waals surface area contributed by atoms with Crippen LogP contribution in [0.1, 0.15) is 51.3 Å². The molecule has 29 heavy (non-hydrogen) atoms. The van der Waals surface area contributed by atoms with Gasteiger partial charge in [0, 0.05) is 6.42 Å². The summed E-state index contributed by atoms with van der Waals surface area (Å²) in [7, 11) is 0. The van der Waals surface area contributed by atoms with Crippen LogP contribution in [0.3, 0.4) is 0 Å². The van der Waals surface area contributed by atoms with Crippen LogP contribution in [0.5, 0.6) is 0 Å². The van der Waals surface area contributed by atoms with Crippen LogP contribution in [-0.2, 0) is 30.2 Å². The van der Waals surface area contributed by atoms with Gasteiger partial charge in [0.25, 0.3) is 0 Å². The highest BCUT2D eigenvalue weighted by Crippen LogP contribution is 2.47. The van der Waals surface area contributed by atoms with Crippen molar-refractivity contribution in [3.05, 3.63) is 35.4 Å². The summed E-state index contributed by atoms with van der Waals surface area (Å²) in [5, 5.41) is 19.8. The normalized spacial score (nSPS) is 20.3. The first kappa shape index (κ1) is 22.4. The number of esters is 2. The molecule has 0 radical (unpaired) electrons. The lowest BCUT2D eigenvalue weighted by Crippen LogP contribution is -2.41. The van der Waals surface area contributed by atoms with Crippen molar-refractivity contribution < 1.29 is 23.8 Å². The summed E-state index contributed by atoms with van der Waals surface area (Å²) in [5.74, 6) is -1.03. The van der Waals surface area contributed by atoms with Crippen LogP contribution in [0.25, 0.3) is 0 Å². The van der Waals surface area contributed by atoms with Gasteiger partial charge in [0.05, 0.1) is 43.3 Å². The molecule has 1 aliphatic heterocycles. The maximum atomic E-state index is 12.7. The highest BCUT2D eigenvalue weighted by Gasteiger charge is 2.51. The van der Waals surface area contributed by atoms with Gasteiger partial charge in [0.1, 0.15) is 6.10 Å². The Kier molecular flexibility index (Phi) is 7.00. The molecule has 0 saturated carbocycles. The second-order valence-electron chi connectivity index (χ2n) is 7.53. The average Bonchev–Trinajstić information content (AvgIpc) is 2.83. The van der Waals surface area contributed by atoms with Gasteiger partial charge in [-0.25, -0.2) is 0 Å². The Labute approximate surface area is 171 Å². The predicted octanol–water partition coefficient (Wildman–Crippen LogP) is 3.25. The van der Waals surface area contributed by atoms with Gasteiger partial charge in [0.15, 0.2) is 5.41 Å². The third kappa shape index (κ3) is 4.41. The van der Waals surface area contributed by atoms with E-state index in [4.69, 9.17) is 14.2 Å². The van der Waals surface area contributed by atoms with Crippen LogP contribution in [0, 0.1) is 33.5 Å². The molecule has 0 spiro atoms. The average molecular weight is 398 g/mol. The molecule has 0 saturated heterocycles. The van der Waals surface area contributed by atoms with Gasteiger partial charge >= 0.3 is 11.9 Å². The molecule has 1 aliphatic rings. The van der Waals surface area contributed by atoms with Crippen LogP contribution in [0.4, 0.5) is 0 Å². The Morgan fingerprint density at radius 1 is 1.17 bits per heavy atom. The number of rotatable bonds is 6. The molecule has 0 bridgehead atoms. The van der Waals surface area contributed by atoms with Crippen LogP contribution in [-0.4, -0.2) is 31.3 Å². The van der Waals surface area contributed by atoms with Crippen molar-refractivity contribution in [3.63, 3.8) is 0 Å². The van der Waals surface area contributed by atoms with Crippen LogP contribution in [0.2, 0.25) is 0 Å². The fourth-order valence-corrected chi connectivity index (χ4v) is 3.54. The maximum Gasteiger partial charge on any atom is 0.314 e. The number of carbonyl (C=O) groups is 2. The quantitative estimate of drug-likeness (QED) is 0.677. The van der Waals surface area contributed by atoms with Gasteiger partial charge in [-0.2, -0.15) is 10.5 Å². The molecule has 0 N–H and O–H groups in total. The zero-order valence-electron chi connectivity index (χ0n) is 17.2. The SMILES string of the molecule is CCOC(=O)C[C@H]1O[C@@H](C(C)(C)C(=O)OCC)c2ccccc2CC1(C#N)C#N. The van der Waals surface area contributed by atoms with E-state index in [1.165, 1.54) is 0 Å². The Balaban J connectivity index is 2.60. The van der Waals surface area contributed by atoms with E-state index in [2.05, 4.69) is 12.1 Å². The molecule has 2 atom stereocenters. The number of nitriles is 2. The van der Waals surface area contributed by atoms with E-state index in [0.29, 0.717) is 5.56 Å². The van der Waals surface area contributed by atoms with E-state index in [1.54, 1.807) is 33.8 Å². The summed E-state index contributed by atoms with van der Waals surface area (Å²) in [6.45, 7) is 7.17. The maximum absolute atomic E-state index is 12.7. The fraction of sp³-hybridized carbons (Fsp3) is 0.545. The first-order valence-corrected chi connectivity index (χ1v) is 9.64. The fourth-order valence-electron chi connectivity index (χ4n) is 3.54. The highest BCUT2D eigenvalue weighted by atomic mass is 16.5. The van der Waals surface area contributed by atoms with Gasteiger partial charge in [-0.05, 0) is 38.8 Å². The number of fused-ring (bicyclic) bond motifs is 1. The number of benzene rings is 1. The minimum atomic E-state index is -1.59. The monoisotopic (exact) mass is 398 g/mol. The largest absolute Gasteiger partial charge is 0.466 e. The minimum Gasteiger partial charge on any atom is -0.466 e. The van der Waals surface area contributed by atoms with Crippen LogP contribution < -0.4 is 0 Å². The summed E-state index contributed by atoms with van der Waals surface area (Å²) >= 11 is 0. The molecule has 7 heteroatoms. The first-order valence-electron chi connectivity index (χ1n) is 9.64. The summed E-state index contributed by atoms with van der Waals surface area (Å²) in [5.41, 5.74) is -1.28. The first-order chi connectivity index (χ1) is 13.8. The van der Waals surface area contributed by atoms with Crippen molar-refractivity contribution in [1.82, 2.24) is 0 Å². The Bertz CT molecular complexity index is 835. The summed E-state index contributed by atoms with van der Waals surface area (Å²) in [6.07, 6.45) is -2.06. The molecule has 154 valence electrons. The molecule has 1 aromatic rings. The Morgan fingerprint density at radius 3 is 2.38 bits per heavy atom. The number of hydrogen-bond donors (Lipinski definition) is 0. The third-order valence-corrected chi connectivity index (χ3v) is 5.17. The van der Waals surface area contributed by atoms with Crippen LogP contribution >= 0.6 is 0 Å². The van der Waals surface area contributed by atoms with Gasteiger partial charge in [-0.15, -0.1) is 0 Å². The van der Waals surface area contributed by atoms with Gasteiger partial charge in [-0.3, -0.25) is 9.59 Å². The van der Waals surface area contributed by atoms with Gasteiger partial charge < -0.3 is 14.2 Å². The van der Waals surface area contributed by atoms with Crippen molar-refractivity contribution in [2.45, 2.75) is 52.7 Å². The van der Waals surface area contributed by atoms with Crippen molar-refractivity contribution in [2.24, 2.45) is 10.8 Å². The third-order valence-electron chi connectivity index (χ3n) is 5.17. The number of carbonyl (C=O) groups excluding carboxylic acids is 2. The standard InChI is InChI=1S/C22H26N2O5/c1-5-27-18(25)11-17-22(13-23,14-24)12-15-9-7-8-10-16(15)19(29-17)21(3,4)20(26)28-6-2/h7-10,17,19H,5-6,11-12H2,1-4H3/t17-,19-/m1/s1. The summed E-state index contributed by atoms with van der Waals surface area (Å²) < 4.78 is 16.5. The van der Waals surface area contributed by atoms with E-state index in [-0.39, 0.29) is 26.1 Å². The number of nitrogens with zero attached hydrogens (tertiary/aromatic N) is 2. The van der Waals surface area contributed by atoms with E-state index in [0.717, 1.165) is 5.56 Å². The minimum absolute atomic E-state index is 0.0790. The molecule has 0 aliphatic carbocycles. The van der Waals surface area contributed by atoms with E-state index >= 15 is 0 Å². The Hall–Kier alpha value is -2.90. The molecule has 0 amide bonds. The molecular weight excluding hydrogens is 372 g/mol. The van der Waals surface area contributed by atoms with Crippen molar-refractivity contribution in [2.75, 3.05) is 13.2 Å². The summed E-state index contributed by atoms with van der Waals surface area (Å²) in [4.78, 5) is 24.9. The van der Waals surface area contributed by atoms with Crippen molar-refractivity contribution >= 4 is 11.9 Å². The zero-order valence-corrected chi connectivity index (χ0v) is 17.2. The molecule has 1 heterocycles. The van der Waals surface area contributed by atoms with Crippen LogP contribution in [0.15, 0.2) is 24.3 Å². The number of ether oxygens (including phenoxy) is 3. The molecule has 0 fully saturated rings. The molecule has 0 unspecified atom stereocenters. The van der Waals surface area contributed by atoms with E-state index < -0.39 is 35.0 Å². The lowest BCUT2D eigenvalue weighted by atomic mass is 9.77. The Morgan fingerprint density at radius 2 is 1.79 bits per heavy atom. The zero-order chi connectivity index (χ0) is 21.7. The number of hydrogen-bond acceptors (Lipinski definition) is 7. The topological polar surface area (TPSA) is 109 Å². The molecule has 1 aromatic carbocycles. The lowest BCUT2D eigenvalue weighted by Gasteiger charge is -2.35. The highest BCUT2D eigenvalue weighted by molar-refractivity contribution is 5.77. The predicted molar refractivity (Wildman–Crippen MR) is 103 cm³/mol. The molecule has 2 rings (SSSR count). The van der Waals surface area contributed by atoms with Crippen molar-refractivity contribution in [3.8, 4) is 12.1 Å². The van der Waals surface area contributed by atoms with E-state index in [9.17, 15) is 20.1 Å². The second-order valence-corrected chi connectivity index (χ2v) is 7.53. The summed E-state index contributed by atoms with van der Waals surface area (Å²) in [6, 6.07) is 11.4. The van der Waals surface area contributed by atoms with Gasteiger partial charge in [0.2, 0.25) is 0 Å². The van der Waals surface area contributed by atoms with Crippen molar-refractivity contribution in [1.29, 1.82) is 10.5 Å². The molecule has 0 aromatic heterocycles. The van der Waals surface area contributed by atoms with Gasteiger partial charge in [-0.1, -0.05) is 24.3 Å². The lowest BCUT2D eigenvalue weighted by molar-refractivity contribution is -0.172. The molecule has 7 nitrogen and oxygen atoms in total.